The Balaban J connectivity index is 1.74. The summed E-state index contributed by atoms with van der Waals surface area (Å²) in [6, 6.07) is 16.2. The third-order valence-corrected chi connectivity index (χ3v) is 7.81. The van der Waals surface area contributed by atoms with Crippen molar-refractivity contribution in [2.45, 2.75) is 27.1 Å². The van der Waals surface area contributed by atoms with Gasteiger partial charge in [0, 0.05) is 5.69 Å². The molecular weight excluding hydrogens is 448 g/mol. The van der Waals surface area contributed by atoms with E-state index in [4.69, 9.17) is 11.6 Å². The lowest BCUT2D eigenvalue weighted by atomic mass is 10.2. The molecule has 0 radical (unpaired) electrons. The largest absolute Gasteiger partial charge is 0.273 e. The summed E-state index contributed by atoms with van der Waals surface area (Å²) in [5.74, 6) is 0.0684. The van der Waals surface area contributed by atoms with Gasteiger partial charge >= 0.3 is 0 Å². The van der Waals surface area contributed by atoms with Crippen LogP contribution in [0.3, 0.4) is 0 Å². The maximum Gasteiger partial charge on any atom is 0.202 e. The third-order valence-electron chi connectivity index (χ3n) is 4.05. The molecule has 0 saturated carbocycles. The van der Waals surface area contributed by atoms with Gasteiger partial charge in [-0.05, 0) is 43.0 Å². The lowest BCUT2D eigenvalue weighted by molar-refractivity contribution is 0.593. The number of thiazole rings is 1. The van der Waals surface area contributed by atoms with Crippen LogP contribution in [0.5, 0.6) is 0 Å². The molecule has 0 amide bonds. The van der Waals surface area contributed by atoms with Crippen molar-refractivity contribution >= 4 is 44.5 Å². The minimum Gasteiger partial charge on any atom is -0.273 e. The lowest BCUT2D eigenvalue weighted by Crippen LogP contribution is -2.11. The molecule has 0 N–H and O–H groups in total. The van der Waals surface area contributed by atoms with Crippen molar-refractivity contribution in [1.82, 2.24) is 19.7 Å². The fraction of sp³-hybridized carbons (Fsp3) is 0.105. The normalized spacial score (nSPS) is 11.7. The lowest BCUT2D eigenvalue weighted by Gasteiger charge is -2.10. The Labute approximate surface area is 181 Å². The van der Waals surface area contributed by atoms with Crippen molar-refractivity contribution in [2.24, 2.45) is 0 Å². The van der Waals surface area contributed by atoms with E-state index in [1.807, 2.05) is 37.3 Å². The summed E-state index contributed by atoms with van der Waals surface area (Å²) in [6.45, 7) is 1.91. The van der Waals surface area contributed by atoms with E-state index in [0.717, 1.165) is 11.3 Å². The van der Waals surface area contributed by atoms with E-state index >= 15 is 0 Å². The smallest absolute Gasteiger partial charge is 0.202 e. The van der Waals surface area contributed by atoms with Crippen LogP contribution in [0.4, 0.5) is 0 Å². The minimum absolute atomic E-state index is 0.256. The molecule has 10 heteroatoms. The third kappa shape index (κ3) is 4.53. The molecule has 0 atom stereocenters. The monoisotopic (exact) mass is 462 g/mol. The molecule has 0 saturated heterocycles. The van der Waals surface area contributed by atoms with Crippen molar-refractivity contribution in [3.63, 3.8) is 0 Å². The van der Waals surface area contributed by atoms with Crippen LogP contribution in [-0.4, -0.2) is 28.2 Å². The van der Waals surface area contributed by atoms with Crippen molar-refractivity contribution in [2.75, 3.05) is 0 Å². The summed E-state index contributed by atoms with van der Waals surface area (Å²) >= 11 is 8.59. The molecule has 0 unspecified atom stereocenters. The molecule has 0 spiro atoms. The first kappa shape index (κ1) is 20.1. The van der Waals surface area contributed by atoms with Gasteiger partial charge in [0.05, 0.1) is 11.1 Å². The predicted octanol–water partition coefficient (Wildman–Crippen LogP) is 4.81. The van der Waals surface area contributed by atoms with Gasteiger partial charge in [-0.1, -0.05) is 58.8 Å². The zero-order chi connectivity index (χ0) is 20.4. The fourth-order valence-electron chi connectivity index (χ4n) is 2.66. The Kier molecular flexibility index (Phi) is 5.73. The van der Waals surface area contributed by atoms with Gasteiger partial charge in [0.2, 0.25) is 5.16 Å². The summed E-state index contributed by atoms with van der Waals surface area (Å²) in [7, 11) is -3.58. The molecular formula is C19H15ClN4O2S3. The van der Waals surface area contributed by atoms with Crippen LogP contribution in [-0.2, 0) is 15.6 Å². The Hall–Kier alpha value is -2.20. The molecule has 0 aliphatic rings. The molecule has 2 aromatic heterocycles. The number of nitrogens with zero attached hydrogens (tertiary/aromatic N) is 4. The molecule has 2 aromatic carbocycles. The highest BCUT2D eigenvalue weighted by Gasteiger charge is 2.23. The first-order valence-electron chi connectivity index (χ1n) is 8.51. The second-order valence-electron chi connectivity index (χ2n) is 6.17. The number of benzene rings is 2. The minimum atomic E-state index is -3.58. The average molecular weight is 463 g/mol. The van der Waals surface area contributed by atoms with E-state index in [9.17, 15) is 8.42 Å². The van der Waals surface area contributed by atoms with Crippen LogP contribution < -0.4 is 0 Å². The molecule has 148 valence electrons. The van der Waals surface area contributed by atoms with E-state index in [0.29, 0.717) is 19.7 Å². The first-order valence-corrected chi connectivity index (χ1v) is 12.2. The highest BCUT2D eigenvalue weighted by atomic mass is 35.5. The molecule has 29 heavy (non-hydrogen) atoms. The van der Waals surface area contributed by atoms with Crippen LogP contribution in [0.1, 0.15) is 11.4 Å². The molecule has 2 heterocycles. The molecule has 0 bridgehead atoms. The maximum absolute atomic E-state index is 13.0. The second-order valence-corrected chi connectivity index (χ2v) is 11.0. The summed E-state index contributed by atoms with van der Waals surface area (Å²) in [5.41, 5.74) is 1.77. The van der Waals surface area contributed by atoms with E-state index < -0.39 is 9.84 Å². The molecule has 0 aliphatic carbocycles. The average Bonchev–Trinajstić information content (AvgIpc) is 3.28. The van der Waals surface area contributed by atoms with Crippen LogP contribution in [0.25, 0.3) is 5.69 Å². The number of aromatic nitrogens is 4. The number of para-hydroxylation sites is 1. The van der Waals surface area contributed by atoms with E-state index in [1.165, 1.54) is 23.1 Å². The fourth-order valence-corrected chi connectivity index (χ4v) is 5.99. The standard InChI is InChI=1S/C19H15ClN4O2S3/c1-13-7-9-15(10-8-13)29(25,26)12-17-22-23-18(28-19-21-11-16(20)27-19)24(17)14-5-3-2-4-6-14/h2-11H,12H2,1H3. The molecule has 4 aromatic rings. The maximum atomic E-state index is 13.0. The highest BCUT2D eigenvalue weighted by molar-refractivity contribution is 8.00. The Morgan fingerprint density at radius 2 is 1.79 bits per heavy atom. The first-order chi connectivity index (χ1) is 13.9. The van der Waals surface area contributed by atoms with Gasteiger partial charge in [-0.2, -0.15) is 0 Å². The summed E-state index contributed by atoms with van der Waals surface area (Å²) in [5, 5.41) is 8.93. The van der Waals surface area contributed by atoms with E-state index in [-0.39, 0.29) is 10.6 Å². The van der Waals surface area contributed by atoms with Crippen molar-refractivity contribution < 1.29 is 8.42 Å². The van der Waals surface area contributed by atoms with Crippen molar-refractivity contribution in [3.8, 4) is 5.69 Å². The molecule has 0 fully saturated rings. The summed E-state index contributed by atoms with van der Waals surface area (Å²) < 4.78 is 28.9. The Morgan fingerprint density at radius 1 is 1.07 bits per heavy atom. The van der Waals surface area contributed by atoms with Crippen molar-refractivity contribution in [1.29, 1.82) is 0 Å². The van der Waals surface area contributed by atoms with Crippen LogP contribution in [0.15, 0.2) is 75.2 Å². The summed E-state index contributed by atoms with van der Waals surface area (Å²) in [4.78, 5) is 4.49. The number of rotatable bonds is 6. The molecule has 0 aliphatic heterocycles. The molecule has 6 nitrogen and oxygen atoms in total. The van der Waals surface area contributed by atoms with Gasteiger partial charge in [0.15, 0.2) is 20.0 Å². The van der Waals surface area contributed by atoms with E-state index in [2.05, 4.69) is 15.2 Å². The van der Waals surface area contributed by atoms with Crippen LogP contribution in [0, 0.1) is 6.92 Å². The zero-order valence-corrected chi connectivity index (χ0v) is 18.4. The Morgan fingerprint density at radius 3 is 2.45 bits per heavy atom. The quantitative estimate of drug-likeness (QED) is 0.409. The number of hydrogen-bond donors (Lipinski definition) is 0. The summed E-state index contributed by atoms with van der Waals surface area (Å²) in [6.07, 6.45) is 1.57. The van der Waals surface area contributed by atoms with Gasteiger partial charge in [0.1, 0.15) is 10.1 Å². The second kappa shape index (κ2) is 8.27. The van der Waals surface area contributed by atoms with E-state index in [1.54, 1.807) is 35.0 Å². The highest BCUT2D eigenvalue weighted by Crippen LogP contribution is 2.34. The van der Waals surface area contributed by atoms with Crippen molar-refractivity contribution in [3.05, 3.63) is 76.5 Å². The predicted molar refractivity (Wildman–Crippen MR) is 115 cm³/mol. The SMILES string of the molecule is Cc1ccc(S(=O)(=O)Cc2nnc(Sc3ncc(Cl)s3)n2-c2ccccc2)cc1. The van der Waals surface area contributed by atoms with Gasteiger partial charge in [0.25, 0.3) is 0 Å². The number of hydrogen-bond acceptors (Lipinski definition) is 7. The van der Waals surface area contributed by atoms with Gasteiger partial charge in [-0.15, -0.1) is 10.2 Å². The van der Waals surface area contributed by atoms with Gasteiger partial charge in [-0.25, -0.2) is 13.4 Å². The number of sulfone groups is 1. The van der Waals surface area contributed by atoms with Gasteiger partial charge in [-0.3, -0.25) is 4.57 Å². The number of aryl methyl sites for hydroxylation is 1. The van der Waals surface area contributed by atoms with Crippen LogP contribution >= 0.6 is 34.7 Å². The zero-order valence-electron chi connectivity index (χ0n) is 15.2. The molecule has 4 rings (SSSR count). The topological polar surface area (TPSA) is 77.7 Å². The Bertz CT molecular complexity index is 1240. The number of halogens is 1. The van der Waals surface area contributed by atoms with Crippen LogP contribution in [0.2, 0.25) is 4.34 Å². The van der Waals surface area contributed by atoms with Gasteiger partial charge < -0.3 is 0 Å².